The van der Waals surface area contributed by atoms with Gasteiger partial charge in [-0.1, -0.05) is 13.8 Å². The number of amides is 1. The van der Waals surface area contributed by atoms with Crippen LogP contribution in [0.2, 0.25) is 0 Å². The van der Waals surface area contributed by atoms with E-state index < -0.39 is 34.3 Å². The van der Waals surface area contributed by atoms with Crippen LogP contribution in [0.1, 0.15) is 107 Å². The molecule has 36 heavy (non-hydrogen) atoms. The van der Waals surface area contributed by atoms with E-state index in [1.54, 1.807) is 13.8 Å². The average molecular weight is 505 g/mol. The molecule has 1 rings (SSSR count). The first kappa shape index (κ1) is 32.5. The fourth-order valence-corrected chi connectivity index (χ4v) is 4.28. The summed E-state index contributed by atoms with van der Waals surface area (Å²) in [7, 11) is 5.37. The van der Waals surface area contributed by atoms with Gasteiger partial charge in [0.05, 0.1) is 23.3 Å². The van der Waals surface area contributed by atoms with Crippen LogP contribution in [-0.4, -0.2) is 65.7 Å². The van der Waals surface area contributed by atoms with Gasteiger partial charge in [-0.05, 0) is 87.0 Å². The first-order valence-corrected chi connectivity index (χ1v) is 13.2. The van der Waals surface area contributed by atoms with Crippen molar-refractivity contribution < 1.29 is 19.2 Å². The molecule has 0 spiro atoms. The summed E-state index contributed by atoms with van der Waals surface area (Å²) in [6.07, 6.45) is 3.93. The van der Waals surface area contributed by atoms with Crippen LogP contribution in [0.25, 0.3) is 0 Å². The van der Waals surface area contributed by atoms with Gasteiger partial charge in [0.25, 0.3) is 0 Å². The van der Waals surface area contributed by atoms with Crippen LogP contribution < -0.4 is 21.7 Å². The van der Waals surface area contributed by atoms with E-state index in [-0.39, 0.29) is 54.7 Å². The lowest BCUT2D eigenvalue weighted by molar-refractivity contribution is -0.136. The molecule has 2 atom stereocenters. The second-order valence-electron chi connectivity index (χ2n) is 13.1. The van der Waals surface area contributed by atoms with Crippen molar-refractivity contribution in [2.45, 2.75) is 142 Å². The number of nitrogens with two attached hydrogens (primary N) is 1. The van der Waals surface area contributed by atoms with Gasteiger partial charge in [-0.3, -0.25) is 14.4 Å². The Bertz CT molecular complexity index is 808. The lowest BCUT2D eigenvalue weighted by Crippen LogP contribution is -2.65. The standard InChI is InChI=1S/C27H49BN4O4/c1-24(2,3)31-18(13-15-20(28)33)22(35)25(4,5)27(8,9)32-19(23(36)26(6,7)29)14-16-21(34)30-17-11-10-12-17/h17-19,31-32H,10-16,29H2,1-9H3,(H,30,34). The summed E-state index contributed by atoms with van der Waals surface area (Å²) >= 11 is 0. The average Bonchev–Trinajstić information content (AvgIpc) is 2.68. The van der Waals surface area contributed by atoms with Crippen molar-refractivity contribution in [3.63, 3.8) is 0 Å². The minimum atomic E-state index is -1.11. The maximum atomic E-state index is 13.8. The predicted molar refractivity (Wildman–Crippen MR) is 145 cm³/mol. The number of ketones is 2. The molecule has 2 unspecified atom stereocenters. The normalized spacial score (nSPS) is 17.2. The number of Topliss-reactive ketones (excluding diaryl/α,β-unsaturated/α-hetero) is 2. The van der Waals surface area contributed by atoms with Crippen molar-refractivity contribution in [1.29, 1.82) is 0 Å². The second kappa shape index (κ2) is 12.3. The second-order valence-corrected chi connectivity index (χ2v) is 13.1. The SMILES string of the molecule is [B]C(=O)CCC(NC(C)(C)C)C(=O)C(C)(C)C(C)(C)NC(CCC(=O)NC1CCC1)C(=O)C(C)(C)N. The van der Waals surface area contributed by atoms with Gasteiger partial charge in [-0.2, -0.15) is 0 Å². The highest BCUT2D eigenvalue weighted by Crippen LogP contribution is 2.35. The molecule has 0 bridgehead atoms. The molecule has 1 fully saturated rings. The first-order valence-electron chi connectivity index (χ1n) is 13.2. The minimum absolute atomic E-state index is 0.0804. The van der Waals surface area contributed by atoms with Crippen LogP contribution in [0.5, 0.6) is 0 Å². The lowest BCUT2D eigenvalue weighted by Gasteiger charge is -2.46. The Balaban J connectivity index is 3.12. The fraction of sp³-hybridized carbons (Fsp3) is 0.852. The Labute approximate surface area is 219 Å². The molecule has 0 aromatic rings. The predicted octanol–water partition coefficient (Wildman–Crippen LogP) is 2.31. The van der Waals surface area contributed by atoms with Gasteiger partial charge < -0.3 is 26.5 Å². The van der Waals surface area contributed by atoms with Crippen LogP contribution in [-0.2, 0) is 19.2 Å². The molecule has 0 saturated heterocycles. The summed E-state index contributed by atoms with van der Waals surface area (Å²) in [6.45, 7) is 16.6. The number of carbonyl (C=O) groups is 4. The van der Waals surface area contributed by atoms with E-state index in [0.29, 0.717) is 0 Å². The van der Waals surface area contributed by atoms with E-state index >= 15 is 0 Å². The van der Waals surface area contributed by atoms with Crippen molar-refractivity contribution in [1.82, 2.24) is 16.0 Å². The highest BCUT2D eigenvalue weighted by Gasteiger charge is 2.48. The zero-order chi connectivity index (χ0) is 28.1. The fourth-order valence-electron chi connectivity index (χ4n) is 4.28. The van der Waals surface area contributed by atoms with Gasteiger partial charge in [0.1, 0.15) is 0 Å². The lowest BCUT2D eigenvalue weighted by atomic mass is 9.68. The van der Waals surface area contributed by atoms with E-state index in [9.17, 15) is 19.2 Å². The molecule has 2 radical (unpaired) electrons. The van der Waals surface area contributed by atoms with Crippen LogP contribution in [0, 0.1) is 5.41 Å². The Morgan fingerprint density at radius 3 is 1.75 bits per heavy atom. The minimum Gasteiger partial charge on any atom is -0.353 e. The molecule has 0 aromatic heterocycles. The number of hydrogen-bond donors (Lipinski definition) is 4. The molecular formula is C27H49BN4O4. The molecule has 0 heterocycles. The van der Waals surface area contributed by atoms with Gasteiger partial charge in [-0.25, -0.2) is 0 Å². The van der Waals surface area contributed by atoms with Gasteiger partial charge in [0, 0.05) is 29.0 Å². The molecule has 0 aromatic carbocycles. The summed E-state index contributed by atoms with van der Waals surface area (Å²) in [6, 6.07) is -1.08. The summed E-state index contributed by atoms with van der Waals surface area (Å²) < 4.78 is 0. The molecule has 1 saturated carbocycles. The summed E-state index contributed by atoms with van der Waals surface area (Å²) in [4.78, 5) is 51.0. The Morgan fingerprint density at radius 2 is 1.33 bits per heavy atom. The maximum Gasteiger partial charge on any atom is 0.220 e. The summed E-state index contributed by atoms with van der Waals surface area (Å²) in [5.74, 6) is -0.381. The first-order chi connectivity index (χ1) is 16.2. The molecule has 9 heteroatoms. The van der Waals surface area contributed by atoms with Gasteiger partial charge in [0.2, 0.25) is 5.91 Å². The van der Waals surface area contributed by atoms with Gasteiger partial charge in [0.15, 0.2) is 19.4 Å². The maximum absolute atomic E-state index is 13.8. The molecular weight excluding hydrogens is 455 g/mol. The topological polar surface area (TPSA) is 130 Å². The van der Waals surface area contributed by atoms with Crippen LogP contribution in [0.3, 0.4) is 0 Å². The summed E-state index contributed by atoms with van der Waals surface area (Å²) in [5.41, 5.74) is 2.44. The summed E-state index contributed by atoms with van der Waals surface area (Å²) in [5, 5.41) is 9.74. The van der Waals surface area contributed by atoms with Crippen molar-refractivity contribution in [2.75, 3.05) is 0 Å². The van der Waals surface area contributed by atoms with Crippen molar-refractivity contribution in [3.8, 4) is 0 Å². The molecule has 8 nitrogen and oxygen atoms in total. The van der Waals surface area contributed by atoms with Crippen molar-refractivity contribution in [2.24, 2.45) is 11.1 Å². The molecule has 1 amide bonds. The molecule has 0 aliphatic heterocycles. The van der Waals surface area contributed by atoms with Crippen LogP contribution in [0.4, 0.5) is 0 Å². The van der Waals surface area contributed by atoms with Gasteiger partial charge in [-0.15, -0.1) is 0 Å². The number of nitrogens with one attached hydrogen (secondary N) is 3. The quantitative estimate of drug-likeness (QED) is 0.252. The largest absolute Gasteiger partial charge is 0.353 e. The van der Waals surface area contributed by atoms with Crippen molar-refractivity contribution in [3.05, 3.63) is 0 Å². The van der Waals surface area contributed by atoms with E-state index in [1.165, 1.54) is 0 Å². The van der Waals surface area contributed by atoms with E-state index in [0.717, 1.165) is 19.3 Å². The number of carbonyl (C=O) groups excluding carboxylic acids is 4. The molecule has 1 aliphatic carbocycles. The Kier molecular flexibility index (Phi) is 11.1. The van der Waals surface area contributed by atoms with Gasteiger partial charge >= 0.3 is 0 Å². The van der Waals surface area contributed by atoms with Crippen molar-refractivity contribution >= 4 is 31.0 Å². The Morgan fingerprint density at radius 1 is 0.833 bits per heavy atom. The third-order valence-electron chi connectivity index (χ3n) is 7.40. The molecule has 5 N–H and O–H groups in total. The zero-order valence-corrected chi connectivity index (χ0v) is 24.0. The smallest absolute Gasteiger partial charge is 0.220 e. The van der Waals surface area contributed by atoms with E-state index in [4.69, 9.17) is 13.6 Å². The highest BCUT2D eigenvalue weighted by atomic mass is 16.2. The molecule has 204 valence electrons. The monoisotopic (exact) mass is 504 g/mol. The third kappa shape index (κ3) is 9.71. The van der Waals surface area contributed by atoms with Crippen LogP contribution in [0.15, 0.2) is 0 Å². The number of hydrogen-bond acceptors (Lipinski definition) is 7. The number of rotatable bonds is 15. The van der Waals surface area contributed by atoms with Crippen LogP contribution >= 0.6 is 0 Å². The van der Waals surface area contributed by atoms with E-state index in [1.807, 2.05) is 48.5 Å². The highest BCUT2D eigenvalue weighted by molar-refractivity contribution is 6.57. The Hall–Kier alpha value is -1.58. The zero-order valence-electron chi connectivity index (χ0n) is 24.0. The van der Waals surface area contributed by atoms with E-state index in [2.05, 4.69) is 16.0 Å². The third-order valence-corrected chi connectivity index (χ3v) is 7.40. The molecule has 1 aliphatic rings.